The number of nitrogens with one attached hydrogen (secondary N) is 1. The summed E-state index contributed by atoms with van der Waals surface area (Å²) < 4.78 is 23.8. The molecule has 2 unspecified atom stereocenters. The Kier molecular flexibility index (Phi) is 3.56. The molecular formula is C11H16ClNO2S2. The zero-order chi connectivity index (χ0) is 12.7. The molecule has 2 atom stereocenters. The molecule has 1 N–H and O–H groups in total. The van der Waals surface area contributed by atoms with Crippen LogP contribution in [0.4, 0.5) is 0 Å². The van der Waals surface area contributed by atoms with Crippen molar-refractivity contribution in [2.75, 3.05) is 11.5 Å². The quantitative estimate of drug-likeness (QED) is 0.932. The molecule has 0 aliphatic carbocycles. The van der Waals surface area contributed by atoms with Gasteiger partial charge in [-0.2, -0.15) is 0 Å². The summed E-state index contributed by atoms with van der Waals surface area (Å²) in [6.07, 6.45) is 0.679. The van der Waals surface area contributed by atoms with E-state index < -0.39 is 9.84 Å². The summed E-state index contributed by atoms with van der Waals surface area (Å²) in [5, 5.41) is 3.41. The molecule has 1 saturated heterocycles. The number of hydrogen-bond donors (Lipinski definition) is 1. The van der Waals surface area contributed by atoms with Gasteiger partial charge in [-0.25, -0.2) is 8.42 Å². The first-order valence-corrected chi connectivity index (χ1v) is 8.55. The molecule has 0 spiro atoms. The first-order valence-electron chi connectivity index (χ1n) is 5.53. The number of rotatable bonds is 3. The van der Waals surface area contributed by atoms with Crippen molar-refractivity contribution >= 4 is 32.8 Å². The lowest BCUT2D eigenvalue weighted by Gasteiger charge is -2.28. The minimum Gasteiger partial charge on any atom is -0.303 e. The van der Waals surface area contributed by atoms with E-state index in [1.54, 1.807) is 0 Å². The summed E-state index contributed by atoms with van der Waals surface area (Å²) >= 11 is 7.43. The molecule has 0 amide bonds. The Hall–Kier alpha value is -0.100. The summed E-state index contributed by atoms with van der Waals surface area (Å²) in [5.41, 5.74) is -0.311. The maximum absolute atomic E-state index is 11.5. The van der Waals surface area contributed by atoms with Gasteiger partial charge in [-0.3, -0.25) is 0 Å². The van der Waals surface area contributed by atoms with Gasteiger partial charge in [0.05, 0.1) is 15.8 Å². The van der Waals surface area contributed by atoms with Crippen LogP contribution in [0.5, 0.6) is 0 Å². The van der Waals surface area contributed by atoms with Crippen LogP contribution in [0.15, 0.2) is 12.1 Å². The molecule has 0 saturated carbocycles. The highest BCUT2D eigenvalue weighted by Crippen LogP contribution is 2.30. The highest BCUT2D eigenvalue weighted by Gasteiger charge is 2.39. The average Bonchev–Trinajstić information content (AvgIpc) is 2.71. The van der Waals surface area contributed by atoms with Gasteiger partial charge in [-0.1, -0.05) is 11.6 Å². The molecular weight excluding hydrogens is 278 g/mol. The molecule has 1 fully saturated rings. The molecule has 2 rings (SSSR count). The maximum Gasteiger partial charge on any atom is 0.152 e. The van der Waals surface area contributed by atoms with E-state index in [0.717, 1.165) is 9.21 Å². The van der Waals surface area contributed by atoms with Crippen molar-refractivity contribution in [2.45, 2.75) is 31.8 Å². The minimum atomic E-state index is -2.86. The van der Waals surface area contributed by atoms with Crippen molar-refractivity contribution < 1.29 is 8.42 Å². The fourth-order valence-electron chi connectivity index (χ4n) is 2.28. The molecule has 0 bridgehead atoms. The van der Waals surface area contributed by atoms with Gasteiger partial charge in [0, 0.05) is 16.5 Å². The van der Waals surface area contributed by atoms with E-state index in [9.17, 15) is 8.42 Å². The Morgan fingerprint density at radius 2 is 2.24 bits per heavy atom. The van der Waals surface area contributed by atoms with Gasteiger partial charge in [-0.15, -0.1) is 11.3 Å². The summed E-state index contributed by atoms with van der Waals surface area (Å²) in [5.74, 6) is 0.512. The Labute approximate surface area is 111 Å². The predicted molar refractivity (Wildman–Crippen MR) is 72.6 cm³/mol. The summed E-state index contributed by atoms with van der Waals surface area (Å²) in [6.45, 7) is 4.02. The standard InChI is InChI=1S/C11H16ClNO2S2/c1-8(9-3-4-10(12)16-9)13-11(2)5-6-17(14,15)7-11/h3-4,8,13H,5-7H2,1-2H3. The number of hydrogen-bond acceptors (Lipinski definition) is 4. The van der Waals surface area contributed by atoms with Crippen LogP contribution in [-0.2, 0) is 9.84 Å². The third kappa shape index (κ3) is 3.22. The average molecular weight is 294 g/mol. The highest BCUT2D eigenvalue weighted by atomic mass is 35.5. The van der Waals surface area contributed by atoms with Gasteiger partial charge >= 0.3 is 0 Å². The van der Waals surface area contributed by atoms with Crippen molar-refractivity contribution in [3.05, 3.63) is 21.3 Å². The Morgan fingerprint density at radius 1 is 1.53 bits per heavy atom. The topological polar surface area (TPSA) is 46.2 Å². The van der Waals surface area contributed by atoms with E-state index in [2.05, 4.69) is 5.32 Å². The first-order chi connectivity index (χ1) is 7.80. The minimum absolute atomic E-state index is 0.130. The molecule has 1 aromatic rings. The molecule has 1 aliphatic rings. The van der Waals surface area contributed by atoms with Gasteiger partial charge in [0.1, 0.15) is 0 Å². The smallest absolute Gasteiger partial charge is 0.152 e. The normalized spacial score (nSPS) is 29.4. The van der Waals surface area contributed by atoms with Crippen LogP contribution in [0.1, 0.15) is 31.2 Å². The fraction of sp³-hybridized carbons (Fsp3) is 0.636. The van der Waals surface area contributed by atoms with E-state index in [-0.39, 0.29) is 23.1 Å². The largest absolute Gasteiger partial charge is 0.303 e. The van der Waals surface area contributed by atoms with Gasteiger partial charge in [0.25, 0.3) is 0 Å². The predicted octanol–water partition coefficient (Wildman–Crippen LogP) is 2.63. The summed E-state index contributed by atoms with van der Waals surface area (Å²) in [7, 11) is -2.86. The van der Waals surface area contributed by atoms with Crippen molar-refractivity contribution in [3.63, 3.8) is 0 Å². The van der Waals surface area contributed by atoms with Crippen LogP contribution in [0, 0.1) is 0 Å². The van der Waals surface area contributed by atoms with E-state index in [0.29, 0.717) is 6.42 Å². The van der Waals surface area contributed by atoms with Gasteiger partial charge in [-0.05, 0) is 32.4 Å². The second kappa shape index (κ2) is 4.53. The number of halogens is 1. The monoisotopic (exact) mass is 293 g/mol. The summed E-state index contributed by atoms with van der Waals surface area (Å²) in [4.78, 5) is 1.14. The zero-order valence-corrected chi connectivity index (χ0v) is 12.3. The van der Waals surface area contributed by atoms with Crippen molar-refractivity contribution in [1.82, 2.24) is 5.32 Å². The third-order valence-electron chi connectivity index (χ3n) is 3.09. The Bertz CT molecular complexity index is 511. The molecule has 0 aromatic carbocycles. The van der Waals surface area contributed by atoms with Crippen molar-refractivity contribution in [3.8, 4) is 0 Å². The zero-order valence-electron chi connectivity index (χ0n) is 9.86. The SMILES string of the molecule is CC(NC1(C)CCS(=O)(=O)C1)c1ccc(Cl)s1. The Balaban J connectivity index is 2.07. The molecule has 6 heteroatoms. The molecule has 96 valence electrons. The lowest BCUT2D eigenvalue weighted by Crippen LogP contribution is -2.44. The van der Waals surface area contributed by atoms with Crippen LogP contribution in [0.2, 0.25) is 4.34 Å². The lowest BCUT2D eigenvalue weighted by molar-refractivity contribution is 0.358. The molecule has 3 nitrogen and oxygen atoms in total. The second-order valence-electron chi connectivity index (χ2n) is 4.91. The highest BCUT2D eigenvalue weighted by molar-refractivity contribution is 7.91. The van der Waals surface area contributed by atoms with E-state index in [4.69, 9.17) is 11.6 Å². The van der Waals surface area contributed by atoms with E-state index in [1.807, 2.05) is 26.0 Å². The van der Waals surface area contributed by atoms with Crippen LogP contribution in [0.25, 0.3) is 0 Å². The van der Waals surface area contributed by atoms with Crippen LogP contribution < -0.4 is 5.32 Å². The first kappa shape index (κ1) is 13.3. The van der Waals surface area contributed by atoms with Crippen LogP contribution in [0.3, 0.4) is 0 Å². The Morgan fingerprint density at radius 3 is 2.71 bits per heavy atom. The van der Waals surface area contributed by atoms with Crippen molar-refractivity contribution in [1.29, 1.82) is 0 Å². The van der Waals surface area contributed by atoms with Gasteiger partial charge in [0.2, 0.25) is 0 Å². The molecule has 0 radical (unpaired) electrons. The lowest BCUT2D eigenvalue weighted by atomic mass is 10.0. The van der Waals surface area contributed by atoms with E-state index in [1.165, 1.54) is 11.3 Å². The summed E-state index contributed by atoms with van der Waals surface area (Å²) in [6, 6.07) is 3.98. The molecule has 2 heterocycles. The van der Waals surface area contributed by atoms with Crippen LogP contribution in [-0.4, -0.2) is 25.5 Å². The molecule has 17 heavy (non-hydrogen) atoms. The molecule has 1 aliphatic heterocycles. The number of sulfone groups is 1. The molecule has 1 aromatic heterocycles. The van der Waals surface area contributed by atoms with Crippen LogP contribution >= 0.6 is 22.9 Å². The van der Waals surface area contributed by atoms with E-state index >= 15 is 0 Å². The van der Waals surface area contributed by atoms with Gasteiger partial charge in [0.15, 0.2) is 9.84 Å². The second-order valence-corrected chi connectivity index (χ2v) is 8.84. The fourth-order valence-corrected chi connectivity index (χ4v) is 5.45. The van der Waals surface area contributed by atoms with Crippen molar-refractivity contribution in [2.24, 2.45) is 0 Å². The maximum atomic E-state index is 11.5. The third-order valence-corrected chi connectivity index (χ3v) is 6.41. The number of thiophene rings is 1. The van der Waals surface area contributed by atoms with Gasteiger partial charge < -0.3 is 5.32 Å².